The highest BCUT2D eigenvalue weighted by molar-refractivity contribution is 5.91. The van der Waals surface area contributed by atoms with Gasteiger partial charge in [0.25, 0.3) is 5.91 Å². The van der Waals surface area contributed by atoms with Crippen molar-refractivity contribution in [1.82, 2.24) is 15.0 Å². The summed E-state index contributed by atoms with van der Waals surface area (Å²) in [6.45, 7) is 7.22. The third-order valence-corrected chi connectivity index (χ3v) is 4.55. The van der Waals surface area contributed by atoms with E-state index < -0.39 is 0 Å². The van der Waals surface area contributed by atoms with Gasteiger partial charge in [0, 0.05) is 48.6 Å². The number of hydrogen-bond donors (Lipinski definition) is 1. The van der Waals surface area contributed by atoms with Gasteiger partial charge in [0.05, 0.1) is 5.69 Å². The number of nitrogens with zero attached hydrogens (tertiary/aromatic N) is 2. The number of aromatic amines is 1. The van der Waals surface area contributed by atoms with Crippen LogP contribution in [0.5, 0.6) is 0 Å². The van der Waals surface area contributed by atoms with Gasteiger partial charge in [-0.2, -0.15) is 0 Å². The lowest BCUT2D eigenvalue weighted by Crippen LogP contribution is -2.38. The normalized spacial score (nSPS) is 15.9. The van der Waals surface area contributed by atoms with Crippen LogP contribution in [-0.4, -0.2) is 34.0 Å². The van der Waals surface area contributed by atoms with Crippen molar-refractivity contribution in [2.45, 2.75) is 45.4 Å². The maximum absolute atomic E-state index is 12.5. The number of amides is 1. The molecular formula is C18H23N3O3. The smallest absolute Gasteiger partial charge is 0.292 e. The second-order valence-electron chi connectivity index (χ2n) is 6.79. The van der Waals surface area contributed by atoms with Crippen molar-refractivity contribution in [3.05, 3.63) is 51.3 Å². The Morgan fingerprint density at radius 3 is 2.58 bits per heavy atom. The largest absolute Gasteiger partial charge is 0.362 e. The summed E-state index contributed by atoms with van der Waals surface area (Å²) in [5.41, 5.74) is 2.67. The number of carbonyl (C=O) groups is 1. The third kappa shape index (κ3) is 3.42. The van der Waals surface area contributed by atoms with Gasteiger partial charge in [0.1, 0.15) is 0 Å². The second-order valence-corrected chi connectivity index (χ2v) is 6.79. The summed E-state index contributed by atoms with van der Waals surface area (Å²) in [5, 5.41) is 3.95. The molecule has 1 N–H and O–H groups in total. The zero-order chi connectivity index (χ0) is 17.3. The van der Waals surface area contributed by atoms with Crippen molar-refractivity contribution < 1.29 is 9.32 Å². The molecule has 0 aliphatic carbocycles. The first-order valence-electron chi connectivity index (χ1n) is 8.41. The summed E-state index contributed by atoms with van der Waals surface area (Å²) in [7, 11) is 0. The molecule has 0 aromatic carbocycles. The molecule has 0 saturated carbocycles. The lowest BCUT2D eigenvalue weighted by molar-refractivity contribution is 0.0670. The van der Waals surface area contributed by atoms with Crippen molar-refractivity contribution in [3.8, 4) is 0 Å². The van der Waals surface area contributed by atoms with E-state index in [1.54, 1.807) is 23.1 Å². The summed E-state index contributed by atoms with van der Waals surface area (Å²) < 4.78 is 5.20. The Morgan fingerprint density at radius 2 is 2.00 bits per heavy atom. The lowest BCUT2D eigenvalue weighted by atomic mass is 9.92. The average molecular weight is 329 g/mol. The first-order chi connectivity index (χ1) is 11.4. The number of H-pyrrole nitrogens is 1. The van der Waals surface area contributed by atoms with E-state index in [4.69, 9.17) is 4.52 Å². The highest BCUT2D eigenvalue weighted by Gasteiger charge is 2.27. The molecule has 0 spiro atoms. The number of pyridine rings is 1. The van der Waals surface area contributed by atoms with Crippen molar-refractivity contribution in [3.63, 3.8) is 0 Å². The maximum Gasteiger partial charge on any atom is 0.292 e. The van der Waals surface area contributed by atoms with Crippen molar-refractivity contribution in [2.24, 2.45) is 0 Å². The molecule has 6 nitrogen and oxygen atoms in total. The van der Waals surface area contributed by atoms with Gasteiger partial charge in [-0.25, -0.2) is 0 Å². The Morgan fingerprint density at radius 1 is 1.29 bits per heavy atom. The van der Waals surface area contributed by atoms with Crippen molar-refractivity contribution in [1.29, 1.82) is 0 Å². The lowest BCUT2D eigenvalue weighted by Gasteiger charge is -2.31. The van der Waals surface area contributed by atoms with E-state index in [1.165, 1.54) is 0 Å². The van der Waals surface area contributed by atoms with Gasteiger partial charge in [-0.1, -0.05) is 19.0 Å². The first-order valence-corrected chi connectivity index (χ1v) is 8.41. The minimum Gasteiger partial charge on any atom is -0.362 e. The van der Waals surface area contributed by atoms with E-state index in [1.807, 2.05) is 20.8 Å². The number of piperidine rings is 1. The molecule has 1 amide bonds. The maximum atomic E-state index is 12.5. The second kappa shape index (κ2) is 6.63. The van der Waals surface area contributed by atoms with Gasteiger partial charge >= 0.3 is 0 Å². The van der Waals surface area contributed by atoms with Crippen LogP contribution >= 0.6 is 0 Å². The fourth-order valence-corrected chi connectivity index (χ4v) is 3.14. The van der Waals surface area contributed by atoms with Crippen LogP contribution in [0.4, 0.5) is 0 Å². The molecule has 1 fully saturated rings. The minimum atomic E-state index is -0.106. The van der Waals surface area contributed by atoms with Gasteiger partial charge < -0.3 is 14.4 Å². The van der Waals surface area contributed by atoms with E-state index in [0.717, 1.165) is 29.9 Å². The summed E-state index contributed by atoms with van der Waals surface area (Å²) in [6, 6.07) is 5.00. The van der Waals surface area contributed by atoms with Crippen LogP contribution in [0.15, 0.2) is 27.5 Å². The van der Waals surface area contributed by atoms with Gasteiger partial charge in [0.2, 0.25) is 5.76 Å². The summed E-state index contributed by atoms with van der Waals surface area (Å²) in [5.74, 6) is 0.716. The van der Waals surface area contributed by atoms with Crippen LogP contribution < -0.4 is 5.43 Å². The quantitative estimate of drug-likeness (QED) is 0.939. The van der Waals surface area contributed by atoms with E-state index >= 15 is 0 Å². The fraction of sp³-hybridized carbons (Fsp3) is 0.500. The molecule has 24 heavy (non-hydrogen) atoms. The molecule has 0 radical (unpaired) electrons. The molecule has 0 bridgehead atoms. The zero-order valence-electron chi connectivity index (χ0n) is 14.3. The highest BCUT2D eigenvalue weighted by Crippen LogP contribution is 2.27. The molecule has 0 atom stereocenters. The SMILES string of the molecule is Cc1cc(=O)cc(C2CCN(C(=O)c3cc(C(C)C)no3)CC2)[nH]1. The number of likely N-dealkylation sites (tertiary alicyclic amines) is 1. The first kappa shape index (κ1) is 16.5. The molecule has 0 unspecified atom stereocenters. The third-order valence-electron chi connectivity index (χ3n) is 4.55. The van der Waals surface area contributed by atoms with Gasteiger partial charge in [-0.15, -0.1) is 0 Å². The molecular weight excluding hydrogens is 306 g/mol. The van der Waals surface area contributed by atoms with E-state index in [0.29, 0.717) is 18.8 Å². The Hall–Kier alpha value is -2.37. The van der Waals surface area contributed by atoms with Crippen molar-refractivity contribution >= 4 is 5.91 Å². The molecule has 2 aromatic rings. The van der Waals surface area contributed by atoms with Crippen LogP contribution in [0, 0.1) is 6.92 Å². The van der Waals surface area contributed by atoms with E-state index in [9.17, 15) is 9.59 Å². The Balaban J connectivity index is 1.65. The Labute approximate surface area is 140 Å². The molecule has 128 valence electrons. The number of aryl methyl sites for hydroxylation is 1. The Bertz CT molecular complexity index is 783. The number of aromatic nitrogens is 2. The zero-order valence-corrected chi connectivity index (χ0v) is 14.3. The Kier molecular flexibility index (Phi) is 4.55. The molecule has 1 aliphatic rings. The molecule has 2 aromatic heterocycles. The molecule has 1 aliphatic heterocycles. The number of rotatable bonds is 3. The van der Waals surface area contributed by atoms with Crippen LogP contribution in [0.2, 0.25) is 0 Å². The van der Waals surface area contributed by atoms with Crippen LogP contribution in [0.1, 0.15) is 66.2 Å². The van der Waals surface area contributed by atoms with E-state index in [-0.39, 0.29) is 23.2 Å². The molecule has 1 saturated heterocycles. The van der Waals surface area contributed by atoms with E-state index in [2.05, 4.69) is 10.1 Å². The predicted molar refractivity (Wildman–Crippen MR) is 90.3 cm³/mol. The van der Waals surface area contributed by atoms with Crippen molar-refractivity contribution in [2.75, 3.05) is 13.1 Å². The standard InChI is InChI=1S/C18H23N3O3/c1-11(2)15-10-17(24-20-15)18(23)21-6-4-13(5-7-21)16-9-14(22)8-12(3)19-16/h8-11,13H,4-7H2,1-3H3,(H,19,22). The number of nitrogens with one attached hydrogen (secondary N) is 1. The summed E-state index contributed by atoms with van der Waals surface area (Å²) in [6.07, 6.45) is 1.66. The van der Waals surface area contributed by atoms with Gasteiger partial charge in [0.15, 0.2) is 5.43 Å². The van der Waals surface area contributed by atoms with Crippen LogP contribution in [-0.2, 0) is 0 Å². The van der Waals surface area contributed by atoms with Crippen LogP contribution in [0.3, 0.4) is 0 Å². The summed E-state index contributed by atoms with van der Waals surface area (Å²) >= 11 is 0. The summed E-state index contributed by atoms with van der Waals surface area (Å²) in [4.78, 5) is 29.3. The minimum absolute atomic E-state index is 0.0302. The highest BCUT2D eigenvalue weighted by atomic mass is 16.5. The average Bonchev–Trinajstić information content (AvgIpc) is 3.03. The van der Waals surface area contributed by atoms with Gasteiger partial charge in [-0.3, -0.25) is 9.59 Å². The molecule has 6 heteroatoms. The topological polar surface area (TPSA) is 79.2 Å². The number of carbonyl (C=O) groups excluding carboxylic acids is 1. The molecule has 3 heterocycles. The van der Waals surface area contributed by atoms with Gasteiger partial charge in [-0.05, 0) is 25.7 Å². The fourth-order valence-electron chi connectivity index (χ4n) is 3.14. The predicted octanol–water partition coefficient (Wildman–Crippen LogP) is 2.81. The molecule has 3 rings (SSSR count). The number of hydrogen-bond acceptors (Lipinski definition) is 4. The van der Waals surface area contributed by atoms with Crippen LogP contribution in [0.25, 0.3) is 0 Å². The monoisotopic (exact) mass is 329 g/mol.